The lowest BCUT2D eigenvalue weighted by Gasteiger charge is -2.12. The molecular formula is C12H13N7O3. The summed E-state index contributed by atoms with van der Waals surface area (Å²) >= 11 is 0. The standard InChI is InChI=1S/C12H13N7O3/c1-7-10(19(21)22)6-18(16-7)8(2)12(20)15-11-9(4-13)5-14-17(11)3/h5-6,8H,1-3H3,(H,15,20). The molecule has 1 amide bonds. The van der Waals surface area contributed by atoms with Gasteiger partial charge in [0.15, 0.2) is 0 Å². The molecule has 1 N–H and O–H groups in total. The highest BCUT2D eigenvalue weighted by Crippen LogP contribution is 2.20. The van der Waals surface area contributed by atoms with Crippen LogP contribution in [-0.4, -0.2) is 30.4 Å². The topological polar surface area (TPSA) is 132 Å². The molecule has 0 radical (unpaired) electrons. The second kappa shape index (κ2) is 5.65. The Balaban J connectivity index is 2.23. The van der Waals surface area contributed by atoms with Crippen LogP contribution in [0, 0.1) is 28.4 Å². The first-order valence-corrected chi connectivity index (χ1v) is 6.28. The maximum absolute atomic E-state index is 12.2. The normalized spacial score (nSPS) is 11.7. The molecule has 1 unspecified atom stereocenters. The fourth-order valence-electron chi connectivity index (χ4n) is 1.86. The predicted molar refractivity (Wildman–Crippen MR) is 74.9 cm³/mol. The van der Waals surface area contributed by atoms with E-state index in [-0.39, 0.29) is 22.8 Å². The Hall–Kier alpha value is -3.22. The van der Waals surface area contributed by atoms with Crippen LogP contribution in [0.2, 0.25) is 0 Å². The van der Waals surface area contributed by atoms with Crippen LogP contribution in [0.15, 0.2) is 12.4 Å². The zero-order valence-electron chi connectivity index (χ0n) is 12.1. The maximum atomic E-state index is 12.2. The Morgan fingerprint density at radius 3 is 2.82 bits per heavy atom. The zero-order chi connectivity index (χ0) is 16.4. The highest BCUT2D eigenvalue weighted by atomic mass is 16.6. The monoisotopic (exact) mass is 303 g/mol. The number of nitrogens with one attached hydrogen (secondary N) is 1. The van der Waals surface area contributed by atoms with Gasteiger partial charge < -0.3 is 5.32 Å². The van der Waals surface area contributed by atoms with Crippen molar-refractivity contribution in [2.75, 3.05) is 5.32 Å². The summed E-state index contributed by atoms with van der Waals surface area (Å²) in [6.45, 7) is 3.04. The van der Waals surface area contributed by atoms with E-state index in [4.69, 9.17) is 5.26 Å². The number of nitrogens with zero attached hydrogens (tertiary/aromatic N) is 6. The van der Waals surface area contributed by atoms with Crippen molar-refractivity contribution >= 4 is 17.4 Å². The fraction of sp³-hybridized carbons (Fsp3) is 0.333. The molecule has 0 bridgehead atoms. The summed E-state index contributed by atoms with van der Waals surface area (Å²) < 4.78 is 2.57. The predicted octanol–water partition coefficient (Wildman–Crippen LogP) is 0.905. The lowest BCUT2D eigenvalue weighted by Crippen LogP contribution is -2.25. The smallest absolute Gasteiger partial charge is 0.308 e. The minimum absolute atomic E-state index is 0.155. The number of anilines is 1. The first kappa shape index (κ1) is 15.2. The third kappa shape index (κ3) is 2.64. The van der Waals surface area contributed by atoms with E-state index in [1.165, 1.54) is 28.7 Å². The molecule has 0 aliphatic carbocycles. The van der Waals surface area contributed by atoms with E-state index in [0.717, 1.165) is 0 Å². The molecule has 0 spiro atoms. The van der Waals surface area contributed by atoms with Gasteiger partial charge in [0.2, 0.25) is 5.91 Å². The summed E-state index contributed by atoms with van der Waals surface area (Å²) in [5.41, 5.74) is 0.298. The van der Waals surface area contributed by atoms with Gasteiger partial charge in [0.25, 0.3) is 0 Å². The van der Waals surface area contributed by atoms with Crippen LogP contribution in [0.1, 0.15) is 24.2 Å². The van der Waals surface area contributed by atoms with Gasteiger partial charge in [0, 0.05) is 7.05 Å². The van der Waals surface area contributed by atoms with Gasteiger partial charge in [-0.05, 0) is 13.8 Å². The molecule has 1 atom stereocenters. The van der Waals surface area contributed by atoms with E-state index >= 15 is 0 Å². The van der Waals surface area contributed by atoms with Crippen molar-refractivity contribution in [2.24, 2.45) is 7.05 Å². The quantitative estimate of drug-likeness (QED) is 0.659. The summed E-state index contributed by atoms with van der Waals surface area (Å²) in [5.74, 6) is -0.199. The van der Waals surface area contributed by atoms with Gasteiger partial charge in [-0.3, -0.25) is 24.3 Å². The summed E-state index contributed by atoms with van der Waals surface area (Å²) in [7, 11) is 1.59. The highest BCUT2D eigenvalue weighted by molar-refractivity contribution is 5.93. The van der Waals surface area contributed by atoms with E-state index in [9.17, 15) is 14.9 Å². The van der Waals surface area contributed by atoms with Crippen molar-refractivity contribution < 1.29 is 9.72 Å². The lowest BCUT2D eigenvalue weighted by molar-refractivity contribution is -0.385. The van der Waals surface area contributed by atoms with Crippen LogP contribution in [0.3, 0.4) is 0 Å². The number of nitro groups is 1. The summed E-state index contributed by atoms with van der Waals surface area (Å²) in [6.07, 6.45) is 2.54. The van der Waals surface area contributed by atoms with E-state index in [1.54, 1.807) is 14.0 Å². The lowest BCUT2D eigenvalue weighted by atomic mass is 10.3. The maximum Gasteiger partial charge on any atom is 0.309 e. The molecule has 10 heteroatoms. The summed E-state index contributed by atoms with van der Waals surface area (Å²) in [6, 6.07) is 1.14. The second-order valence-corrected chi connectivity index (χ2v) is 4.64. The number of hydrogen-bond donors (Lipinski definition) is 1. The molecule has 10 nitrogen and oxygen atoms in total. The summed E-state index contributed by atoms with van der Waals surface area (Å²) in [4.78, 5) is 22.5. The molecule has 114 valence electrons. The zero-order valence-corrected chi connectivity index (χ0v) is 12.1. The third-order valence-corrected chi connectivity index (χ3v) is 3.16. The second-order valence-electron chi connectivity index (χ2n) is 4.64. The van der Waals surface area contributed by atoms with Gasteiger partial charge in [-0.2, -0.15) is 15.5 Å². The van der Waals surface area contributed by atoms with Crippen LogP contribution in [0.25, 0.3) is 0 Å². The molecule has 2 rings (SSSR count). The van der Waals surface area contributed by atoms with Gasteiger partial charge in [-0.15, -0.1) is 0 Å². The van der Waals surface area contributed by atoms with Gasteiger partial charge >= 0.3 is 5.69 Å². The van der Waals surface area contributed by atoms with Crippen LogP contribution >= 0.6 is 0 Å². The van der Waals surface area contributed by atoms with Gasteiger partial charge in [0.05, 0.1) is 11.1 Å². The van der Waals surface area contributed by atoms with E-state index in [0.29, 0.717) is 0 Å². The Morgan fingerprint density at radius 2 is 2.27 bits per heavy atom. The minimum Gasteiger partial charge on any atom is -0.308 e. The molecular weight excluding hydrogens is 290 g/mol. The summed E-state index contributed by atoms with van der Waals surface area (Å²) in [5, 5.41) is 30.2. The van der Waals surface area contributed by atoms with E-state index in [2.05, 4.69) is 15.5 Å². The Labute approximate surface area is 125 Å². The van der Waals surface area contributed by atoms with Crippen molar-refractivity contribution in [1.29, 1.82) is 5.26 Å². The molecule has 2 aromatic rings. The molecule has 0 aliphatic rings. The largest absolute Gasteiger partial charge is 0.309 e. The van der Waals surface area contributed by atoms with E-state index < -0.39 is 16.9 Å². The van der Waals surface area contributed by atoms with Crippen molar-refractivity contribution in [3.05, 3.63) is 33.8 Å². The molecule has 0 saturated heterocycles. The number of carbonyl (C=O) groups is 1. The molecule has 0 aliphatic heterocycles. The average molecular weight is 303 g/mol. The Bertz CT molecular complexity index is 783. The number of amides is 1. The molecule has 0 saturated carbocycles. The Morgan fingerprint density at radius 1 is 1.59 bits per heavy atom. The molecule has 22 heavy (non-hydrogen) atoms. The first-order valence-electron chi connectivity index (χ1n) is 6.28. The van der Waals surface area contributed by atoms with Crippen LogP contribution in [0.5, 0.6) is 0 Å². The van der Waals surface area contributed by atoms with Crippen molar-refractivity contribution in [3.8, 4) is 6.07 Å². The number of nitriles is 1. The first-order chi connectivity index (χ1) is 10.3. The SMILES string of the molecule is Cc1nn(C(C)C(=O)Nc2c(C#N)cnn2C)cc1[N+](=O)[O-]. The molecule has 0 fully saturated rings. The number of carbonyl (C=O) groups excluding carboxylic acids is 1. The minimum atomic E-state index is -0.783. The molecule has 2 aromatic heterocycles. The molecule has 0 aromatic carbocycles. The van der Waals surface area contributed by atoms with Crippen molar-refractivity contribution in [2.45, 2.75) is 19.9 Å². The van der Waals surface area contributed by atoms with Gasteiger partial charge in [-0.1, -0.05) is 0 Å². The molecule has 2 heterocycles. The third-order valence-electron chi connectivity index (χ3n) is 3.16. The number of aromatic nitrogens is 4. The Kier molecular flexibility index (Phi) is 3.89. The van der Waals surface area contributed by atoms with Gasteiger partial charge in [0.1, 0.15) is 35.4 Å². The van der Waals surface area contributed by atoms with Crippen molar-refractivity contribution in [3.63, 3.8) is 0 Å². The number of hydrogen-bond acceptors (Lipinski definition) is 6. The number of aryl methyl sites for hydroxylation is 2. The van der Waals surface area contributed by atoms with E-state index in [1.807, 2.05) is 6.07 Å². The average Bonchev–Trinajstić information content (AvgIpc) is 3.02. The van der Waals surface area contributed by atoms with Crippen LogP contribution in [-0.2, 0) is 11.8 Å². The fourth-order valence-corrected chi connectivity index (χ4v) is 1.86. The van der Waals surface area contributed by atoms with Crippen LogP contribution < -0.4 is 5.32 Å². The number of rotatable bonds is 4. The highest BCUT2D eigenvalue weighted by Gasteiger charge is 2.23. The van der Waals surface area contributed by atoms with Crippen molar-refractivity contribution in [1.82, 2.24) is 19.6 Å². The van der Waals surface area contributed by atoms with Crippen LogP contribution in [0.4, 0.5) is 11.5 Å². The van der Waals surface area contributed by atoms with Gasteiger partial charge in [-0.25, -0.2) is 0 Å².